The van der Waals surface area contributed by atoms with Crippen LogP contribution >= 0.6 is 0 Å². The second-order valence-electron chi connectivity index (χ2n) is 7.00. The molecule has 27 heavy (non-hydrogen) atoms. The van der Waals surface area contributed by atoms with Crippen molar-refractivity contribution in [2.75, 3.05) is 11.0 Å². The number of benzene rings is 2. The summed E-state index contributed by atoms with van der Waals surface area (Å²) in [4.78, 5) is 6.60. The Bertz CT molecular complexity index is 1220. The van der Waals surface area contributed by atoms with Gasteiger partial charge in [-0.1, -0.05) is 13.0 Å². The van der Waals surface area contributed by atoms with E-state index in [9.17, 15) is 8.42 Å². The summed E-state index contributed by atoms with van der Waals surface area (Å²) >= 11 is 0. The van der Waals surface area contributed by atoms with Crippen LogP contribution < -0.4 is 4.72 Å². The fourth-order valence-corrected chi connectivity index (χ4v) is 4.17. The molecule has 2 aromatic carbocycles. The molecule has 140 valence electrons. The number of rotatable bonds is 6. The molecule has 6 heteroatoms. The van der Waals surface area contributed by atoms with Gasteiger partial charge in [0.25, 0.3) is 0 Å². The molecule has 0 amide bonds. The first-order chi connectivity index (χ1) is 12.9. The first-order valence-corrected chi connectivity index (χ1v) is 11.0. The van der Waals surface area contributed by atoms with Gasteiger partial charge in [-0.25, -0.2) is 8.42 Å². The molecule has 0 atom stereocenters. The molecule has 0 aliphatic carbocycles. The predicted molar refractivity (Wildman–Crippen MR) is 112 cm³/mol. The molecule has 0 fully saturated rings. The summed E-state index contributed by atoms with van der Waals surface area (Å²) in [5.41, 5.74) is 6.61. The Labute approximate surface area is 158 Å². The van der Waals surface area contributed by atoms with E-state index in [4.69, 9.17) is 0 Å². The average Bonchev–Trinajstić information content (AvgIpc) is 3.21. The van der Waals surface area contributed by atoms with Gasteiger partial charge in [0, 0.05) is 39.9 Å². The zero-order valence-electron chi connectivity index (χ0n) is 15.5. The Morgan fingerprint density at radius 1 is 0.889 bits per heavy atom. The van der Waals surface area contributed by atoms with Crippen LogP contribution in [0, 0.1) is 0 Å². The maximum absolute atomic E-state index is 11.5. The molecule has 4 aromatic rings. The highest BCUT2D eigenvalue weighted by Crippen LogP contribution is 2.25. The zero-order chi connectivity index (χ0) is 19.0. The van der Waals surface area contributed by atoms with Crippen molar-refractivity contribution in [1.29, 1.82) is 0 Å². The van der Waals surface area contributed by atoms with Crippen molar-refractivity contribution < 1.29 is 8.42 Å². The van der Waals surface area contributed by atoms with Gasteiger partial charge in [0.1, 0.15) is 0 Å². The molecular formula is C21H23N3O2S. The summed E-state index contributed by atoms with van der Waals surface area (Å²) in [5.74, 6) is 0. The number of hydrogen-bond acceptors (Lipinski definition) is 2. The Kier molecular flexibility index (Phi) is 4.44. The average molecular weight is 382 g/mol. The molecular weight excluding hydrogens is 358 g/mol. The minimum Gasteiger partial charge on any atom is -0.361 e. The normalized spacial score (nSPS) is 12.1. The number of aromatic amines is 2. The monoisotopic (exact) mass is 381 g/mol. The molecule has 0 bridgehead atoms. The van der Waals surface area contributed by atoms with E-state index in [1.807, 2.05) is 18.3 Å². The van der Waals surface area contributed by atoms with E-state index in [1.165, 1.54) is 27.6 Å². The molecule has 0 aliphatic heterocycles. The Morgan fingerprint density at radius 3 is 2.26 bits per heavy atom. The molecule has 3 N–H and O–H groups in total. The van der Waals surface area contributed by atoms with Crippen LogP contribution in [0.5, 0.6) is 0 Å². The summed E-state index contributed by atoms with van der Waals surface area (Å²) < 4.78 is 25.5. The first-order valence-electron chi connectivity index (χ1n) is 9.09. The topological polar surface area (TPSA) is 77.8 Å². The summed E-state index contributed by atoms with van der Waals surface area (Å²) in [6.45, 7) is 2.17. The molecule has 0 radical (unpaired) electrons. The summed E-state index contributed by atoms with van der Waals surface area (Å²) in [7, 11) is -3.28. The van der Waals surface area contributed by atoms with Crippen LogP contribution in [0.2, 0.25) is 0 Å². The largest absolute Gasteiger partial charge is 0.361 e. The summed E-state index contributed by atoms with van der Waals surface area (Å²) in [6, 6.07) is 12.2. The Morgan fingerprint density at radius 2 is 1.56 bits per heavy atom. The molecule has 2 heterocycles. The SMILES string of the molecule is CCc1c[nH]c2ccc(CCc3c[nH]c4ccc(NS(C)(=O)=O)cc34)cc12. The van der Waals surface area contributed by atoms with Gasteiger partial charge in [-0.15, -0.1) is 0 Å². The van der Waals surface area contributed by atoms with E-state index in [2.05, 4.69) is 46.0 Å². The fourth-order valence-electron chi connectivity index (χ4n) is 3.62. The molecule has 5 nitrogen and oxygen atoms in total. The number of sulfonamides is 1. The first kappa shape index (κ1) is 17.7. The molecule has 0 saturated heterocycles. The lowest BCUT2D eigenvalue weighted by atomic mass is 10.0. The molecule has 0 saturated carbocycles. The third-order valence-electron chi connectivity index (χ3n) is 4.97. The molecule has 2 aromatic heterocycles. The lowest BCUT2D eigenvalue weighted by molar-refractivity contribution is 0.607. The third-order valence-corrected chi connectivity index (χ3v) is 5.57. The van der Waals surface area contributed by atoms with Crippen molar-refractivity contribution in [3.63, 3.8) is 0 Å². The minimum atomic E-state index is -3.28. The van der Waals surface area contributed by atoms with Crippen LogP contribution in [0.15, 0.2) is 48.8 Å². The van der Waals surface area contributed by atoms with E-state index in [0.29, 0.717) is 5.69 Å². The van der Waals surface area contributed by atoms with Crippen molar-refractivity contribution in [2.24, 2.45) is 0 Å². The Hall–Kier alpha value is -2.73. The van der Waals surface area contributed by atoms with E-state index >= 15 is 0 Å². The predicted octanol–water partition coefficient (Wildman–Crippen LogP) is 4.37. The van der Waals surface area contributed by atoms with Gasteiger partial charge in [-0.05, 0) is 66.3 Å². The van der Waals surface area contributed by atoms with Crippen molar-refractivity contribution in [2.45, 2.75) is 26.2 Å². The summed E-state index contributed by atoms with van der Waals surface area (Å²) in [6.07, 6.45) is 8.10. The van der Waals surface area contributed by atoms with Crippen LogP contribution in [-0.4, -0.2) is 24.6 Å². The van der Waals surface area contributed by atoms with Crippen molar-refractivity contribution in [3.05, 3.63) is 65.5 Å². The molecule has 0 spiro atoms. The number of aryl methyl sites for hydroxylation is 3. The highest BCUT2D eigenvalue weighted by molar-refractivity contribution is 7.92. The molecule has 0 aliphatic rings. The second kappa shape index (κ2) is 6.78. The lowest BCUT2D eigenvalue weighted by Crippen LogP contribution is -2.09. The summed E-state index contributed by atoms with van der Waals surface area (Å²) in [5, 5.41) is 2.36. The maximum Gasteiger partial charge on any atom is 0.229 e. The quantitative estimate of drug-likeness (QED) is 0.464. The van der Waals surface area contributed by atoms with Gasteiger partial charge in [-0.2, -0.15) is 0 Å². The second-order valence-corrected chi connectivity index (χ2v) is 8.74. The number of nitrogens with one attached hydrogen (secondary N) is 3. The Balaban J connectivity index is 1.59. The van der Waals surface area contributed by atoms with Crippen molar-refractivity contribution in [3.8, 4) is 0 Å². The highest BCUT2D eigenvalue weighted by Gasteiger charge is 2.09. The van der Waals surface area contributed by atoms with Gasteiger partial charge in [0.2, 0.25) is 10.0 Å². The van der Waals surface area contributed by atoms with E-state index < -0.39 is 10.0 Å². The van der Waals surface area contributed by atoms with Crippen LogP contribution in [0.3, 0.4) is 0 Å². The van der Waals surface area contributed by atoms with E-state index in [1.54, 1.807) is 6.07 Å². The lowest BCUT2D eigenvalue weighted by Gasteiger charge is -2.06. The molecule has 0 unspecified atom stereocenters. The van der Waals surface area contributed by atoms with Crippen LogP contribution in [0.1, 0.15) is 23.6 Å². The number of hydrogen-bond donors (Lipinski definition) is 3. The van der Waals surface area contributed by atoms with E-state index in [0.717, 1.165) is 36.4 Å². The van der Waals surface area contributed by atoms with Crippen LogP contribution in [0.25, 0.3) is 21.8 Å². The van der Waals surface area contributed by atoms with Crippen LogP contribution in [-0.2, 0) is 29.3 Å². The molecule has 4 rings (SSSR count). The minimum absolute atomic E-state index is 0.590. The van der Waals surface area contributed by atoms with Gasteiger partial charge < -0.3 is 9.97 Å². The van der Waals surface area contributed by atoms with Gasteiger partial charge >= 0.3 is 0 Å². The number of aromatic nitrogens is 2. The smallest absolute Gasteiger partial charge is 0.229 e. The van der Waals surface area contributed by atoms with Gasteiger partial charge in [0.15, 0.2) is 0 Å². The van der Waals surface area contributed by atoms with Crippen molar-refractivity contribution >= 4 is 37.5 Å². The maximum atomic E-state index is 11.5. The fraction of sp³-hybridized carbons (Fsp3) is 0.238. The standard InChI is InChI=1S/C21H23N3O2S/c1-3-15-12-22-20-8-5-14(10-18(15)20)4-6-16-13-23-21-9-7-17(11-19(16)21)24-27(2,25)26/h5,7-13,22-24H,3-4,6H2,1-2H3. The number of fused-ring (bicyclic) bond motifs is 2. The van der Waals surface area contributed by atoms with Gasteiger partial charge in [-0.3, -0.25) is 4.72 Å². The third kappa shape index (κ3) is 3.71. The number of anilines is 1. The van der Waals surface area contributed by atoms with E-state index in [-0.39, 0.29) is 0 Å². The zero-order valence-corrected chi connectivity index (χ0v) is 16.3. The van der Waals surface area contributed by atoms with Gasteiger partial charge in [0.05, 0.1) is 6.26 Å². The van der Waals surface area contributed by atoms with Crippen LogP contribution in [0.4, 0.5) is 5.69 Å². The highest BCUT2D eigenvalue weighted by atomic mass is 32.2. The van der Waals surface area contributed by atoms with Crippen molar-refractivity contribution in [1.82, 2.24) is 9.97 Å². The number of H-pyrrole nitrogens is 2.